The average Bonchev–Trinajstić information content (AvgIpc) is 2.62. The summed E-state index contributed by atoms with van der Waals surface area (Å²) in [6.07, 6.45) is 2.35. The quantitative estimate of drug-likeness (QED) is 0.313. The first kappa shape index (κ1) is 27.8. The molecule has 0 bridgehead atoms. The average molecular weight is 464 g/mol. The molecule has 0 aliphatic heterocycles. The van der Waals surface area contributed by atoms with Crippen LogP contribution in [0.3, 0.4) is 0 Å². The molecule has 0 aromatic heterocycles. The number of hydrogen-bond acceptors (Lipinski definition) is 4. The lowest BCUT2D eigenvalue weighted by Crippen LogP contribution is -2.50. The van der Waals surface area contributed by atoms with Crippen molar-refractivity contribution in [3.63, 3.8) is 0 Å². The Balaban J connectivity index is 3.02. The van der Waals surface area contributed by atoms with Gasteiger partial charge in [-0.1, -0.05) is 59.8 Å². The zero-order chi connectivity index (χ0) is 24.7. The number of nitrogens with one attached hydrogen (secondary N) is 1. The molecule has 0 fully saturated rings. The number of aliphatic carboxylic acids is 1. The molecule has 0 radical (unpaired) electrons. The number of alkyl carbamates (subject to hydrolysis) is 1. The van der Waals surface area contributed by atoms with Crippen molar-refractivity contribution in [3.8, 4) is 5.75 Å². The van der Waals surface area contributed by atoms with Crippen LogP contribution in [0.15, 0.2) is 36.4 Å². The molecule has 0 saturated heterocycles. The third kappa shape index (κ3) is 8.34. The van der Waals surface area contributed by atoms with E-state index in [4.69, 9.17) is 14.3 Å². The standard InChI is InChI=1S/C25H41NO5Si/c1-17(2)32(18(3)4,19(5)6)31-22-13-10-20(11-14-22)16-21(12-15-23(27)28)26-24(29)30-25(7,8)9/h10-15,17-19,21H,16H2,1-9H3,(H,26,29)(H,27,28)/b15-12+/t21-/m1/s1. The second kappa shape index (κ2) is 11.5. The van der Waals surface area contributed by atoms with Gasteiger partial charge in [-0.3, -0.25) is 0 Å². The van der Waals surface area contributed by atoms with Crippen molar-refractivity contribution in [2.75, 3.05) is 0 Å². The van der Waals surface area contributed by atoms with Crippen LogP contribution in [0, 0.1) is 0 Å². The number of rotatable bonds is 10. The van der Waals surface area contributed by atoms with Gasteiger partial charge >= 0.3 is 12.1 Å². The highest BCUT2D eigenvalue weighted by molar-refractivity contribution is 6.78. The molecule has 0 saturated carbocycles. The van der Waals surface area contributed by atoms with Gasteiger partial charge in [0.05, 0.1) is 6.04 Å². The summed E-state index contributed by atoms with van der Waals surface area (Å²) >= 11 is 0. The molecule has 1 rings (SSSR count). The molecule has 0 heterocycles. The van der Waals surface area contributed by atoms with Crippen LogP contribution in [0.2, 0.25) is 16.6 Å². The first-order chi connectivity index (χ1) is 14.7. The van der Waals surface area contributed by atoms with Gasteiger partial charge in [0.25, 0.3) is 8.32 Å². The number of carboxylic acids is 1. The number of hydrogen-bond donors (Lipinski definition) is 2. The van der Waals surface area contributed by atoms with Gasteiger partial charge in [0.1, 0.15) is 11.4 Å². The number of ether oxygens (including phenoxy) is 1. The van der Waals surface area contributed by atoms with Crippen molar-refractivity contribution >= 4 is 20.4 Å². The highest BCUT2D eigenvalue weighted by Gasteiger charge is 2.46. The van der Waals surface area contributed by atoms with E-state index < -0.39 is 32.0 Å². The highest BCUT2D eigenvalue weighted by Crippen LogP contribution is 2.42. The number of amides is 1. The van der Waals surface area contributed by atoms with E-state index in [9.17, 15) is 9.59 Å². The first-order valence-electron chi connectivity index (χ1n) is 11.4. The van der Waals surface area contributed by atoms with E-state index in [0.717, 1.165) is 17.4 Å². The smallest absolute Gasteiger partial charge is 0.408 e. The third-order valence-electron chi connectivity index (χ3n) is 5.55. The van der Waals surface area contributed by atoms with Gasteiger partial charge in [-0.05, 0) is 61.5 Å². The van der Waals surface area contributed by atoms with Crippen LogP contribution in [-0.2, 0) is 16.0 Å². The minimum Gasteiger partial charge on any atom is -0.543 e. The van der Waals surface area contributed by atoms with Crippen molar-refractivity contribution in [1.82, 2.24) is 5.32 Å². The van der Waals surface area contributed by atoms with E-state index in [2.05, 4.69) is 46.9 Å². The van der Waals surface area contributed by atoms with Gasteiger partial charge in [-0.2, -0.15) is 0 Å². The van der Waals surface area contributed by atoms with Crippen molar-refractivity contribution < 1.29 is 23.9 Å². The Hall–Kier alpha value is -2.28. The normalized spacial score (nSPS) is 13.6. The Kier molecular flexibility index (Phi) is 10.0. The van der Waals surface area contributed by atoms with Gasteiger partial charge in [-0.25, -0.2) is 9.59 Å². The van der Waals surface area contributed by atoms with Crippen molar-refractivity contribution in [2.24, 2.45) is 0 Å². The Morgan fingerprint density at radius 2 is 1.50 bits per heavy atom. The summed E-state index contributed by atoms with van der Waals surface area (Å²) in [5.74, 6) is -0.212. The molecule has 32 heavy (non-hydrogen) atoms. The topological polar surface area (TPSA) is 84.9 Å². The molecule has 0 aliphatic rings. The second-order valence-corrected chi connectivity index (χ2v) is 15.6. The van der Waals surface area contributed by atoms with Gasteiger partial charge in [0.2, 0.25) is 0 Å². The van der Waals surface area contributed by atoms with Gasteiger partial charge in [0.15, 0.2) is 0 Å². The molecule has 0 unspecified atom stereocenters. The predicted octanol–water partition coefficient (Wildman–Crippen LogP) is 6.32. The predicted molar refractivity (Wildman–Crippen MR) is 132 cm³/mol. The van der Waals surface area contributed by atoms with Crippen molar-refractivity contribution in [2.45, 2.75) is 97.0 Å². The molecule has 0 aliphatic carbocycles. The van der Waals surface area contributed by atoms with Crippen LogP contribution < -0.4 is 9.74 Å². The summed E-state index contributed by atoms with van der Waals surface area (Å²) in [5.41, 5.74) is 1.76. The Morgan fingerprint density at radius 3 is 1.91 bits per heavy atom. The van der Waals surface area contributed by atoms with Gasteiger partial charge in [0, 0.05) is 6.08 Å². The number of carbonyl (C=O) groups excluding carboxylic acids is 1. The van der Waals surface area contributed by atoms with E-state index in [1.807, 2.05) is 24.3 Å². The van der Waals surface area contributed by atoms with Crippen LogP contribution in [0.4, 0.5) is 4.79 Å². The minimum atomic E-state index is -2.04. The minimum absolute atomic E-state index is 0.435. The molecule has 1 aromatic carbocycles. The lowest BCUT2D eigenvalue weighted by Gasteiger charge is -2.42. The molecular weight excluding hydrogens is 422 g/mol. The lowest BCUT2D eigenvalue weighted by molar-refractivity contribution is -0.131. The van der Waals surface area contributed by atoms with E-state index in [-0.39, 0.29) is 0 Å². The third-order valence-corrected chi connectivity index (χ3v) is 11.6. The lowest BCUT2D eigenvalue weighted by atomic mass is 10.1. The van der Waals surface area contributed by atoms with Crippen molar-refractivity contribution in [1.29, 1.82) is 0 Å². The largest absolute Gasteiger partial charge is 0.543 e. The summed E-state index contributed by atoms with van der Waals surface area (Å²) in [7, 11) is -2.04. The molecular formula is C25H41NO5Si. The summed E-state index contributed by atoms with van der Waals surface area (Å²) in [6.45, 7) is 18.9. The summed E-state index contributed by atoms with van der Waals surface area (Å²) in [6, 6.07) is 7.36. The molecule has 180 valence electrons. The molecule has 0 spiro atoms. The fraction of sp³-hybridized carbons (Fsp3) is 0.600. The number of carboxylic acid groups (broad SMARTS) is 1. The Morgan fingerprint density at radius 1 is 1.00 bits per heavy atom. The monoisotopic (exact) mass is 463 g/mol. The van der Waals surface area contributed by atoms with E-state index in [0.29, 0.717) is 23.0 Å². The molecule has 6 nitrogen and oxygen atoms in total. The van der Waals surface area contributed by atoms with E-state index in [1.54, 1.807) is 20.8 Å². The van der Waals surface area contributed by atoms with Crippen LogP contribution in [0.1, 0.15) is 67.9 Å². The van der Waals surface area contributed by atoms with Crippen LogP contribution in [0.5, 0.6) is 5.75 Å². The molecule has 7 heteroatoms. The zero-order valence-electron chi connectivity index (χ0n) is 21.1. The molecule has 2 N–H and O–H groups in total. The van der Waals surface area contributed by atoms with Crippen LogP contribution in [0.25, 0.3) is 0 Å². The summed E-state index contributed by atoms with van der Waals surface area (Å²) in [5, 5.41) is 11.7. The Labute approximate surface area is 194 Å². The maximum atomic E-state index is 12.2. The Bertz CT molecular complexity index is 757. The van der Waals surface area contributed by atoms with Crippen LogP contribution >= 0.6 is 0 Å². The number of carbonyl (C=O) groups is 2. The SMILES string of the molecule is CC(C)[Si](Oc1ccc(C[C@@H](/C=C/C(=O)O)NC(=O)OC(C)(C)C)cc1)(C(C)C)C(C)C. The molecule has 1 aromatic rings. The fourth-order valence-electron chi connectivity index (χ4n) is 4.33. The van der Waals surface area contributed by atoms with Crippen molar-refractivity contribution in [3.05, 3.63) is 42.0 Å². The zero-order valence-corrected chi connectivity index (χ0v) is 22.1. The maximum Gasteiger partial charge on any atom is 0.408 e. The second-order valence-electron chi connectivity index (χ2n) is 10.2. The first-order valence-corrected chi connectivity index (χ1v) is 13.5. The summed E-state index contributed by atoms with van der Waals surface area (Å²) in [4.78, 5) is 23.1. The highest BCUT2D eigenvalue weighted by atomic mass is 28.4. The van der Waals surface area contributed by atoms with E-state index >= 15 is 0 Å². The van der Waals surface area contributed by atoms with Gasteiger partial charge < -0.3 is 19.6 Å². The summed E-state index contributed by atoms with van der Waals surface area (Å²) < 4.78 is 12.0. The van der Waals surface area contributed by atoms with Crippen LogP contribution in [-0.4, -0.2) is 37.1 Å². The molecule has 1 atom stereocenters. The van der Waals surface area contributed by atoms with E-state index in [1.165, 1.54) is 6.08 Å². The fourth-order valence-corrected chi connectivity index (χ4v) is 9.58. The molecule has 1 amide bonds. The number of benzene rings is 1. The maximum absolute atomic E-state index is 12.2. The van der Waals surface area contributed by atoms with Gasteiger partial charge in [-0.15, -0.1) is 0 Å².